The summed E-state index contributed by atoms with van der Waals surface area (Å²) in [6.07, 6.45) is 9.45. The summed E-state index contributed by atoms with van der Waals surface area (Å²) in [6.45, 7) is 9.09. The molecule has 0 radical (unpaired) electrons. The van der Waals surface area contributed by atoms with E-state index in [2.05, 4.69) is 112 Å². The van der Waals surface area contributed by atoms with Gasteiger partial charge in [-0.1, -0.05) is 133 Å². The summed E-state index contributed by atoms with van der Waals surface area (Å²) in [6, 6.07) is 25.9. The highest BCUT2D eigenvalue weighted by atomic mass is 32.2. The maximum atomic E-state index is 11.7. The molecule has 0 saturated heterocycles. The molecule has 0 spiro atoms. The van der Waals surface area contributed by atoms with Crippen LogP contribution in [-0.4, -0.2) is 10.4 Å². The van der Waals surface area contributed by atoms with Gasteiger partial charge in [0.05, 0.1) is 0 Å². The molecule has 4 rings (SSSR count). The summed E-state index contributed by atoms with van der Waals surface area (Å²) >= 11 is 2.06. The van der Waals surface area contributed by atoms with Crippen LogP contribution in [0.1, 0.15) is 100 Å². The Labute approximate surface area is 217 Å². The van der Waals surface area contributed by atoms with Gasteiger partial charge in [-0.3, -0.25) is 0 Å². The molecule has 3 aromatic rings. The third kappa shape index (κ3) is 5.97. The molecule has 35 heavy (non-hydrogen) atoms. The fourth-order valence-corrected chi connectivity index (χ4v) is 6.77. The Kier molecular flexibility index (Phi) is 8.32. The molecular weight excluding hydrogens is 444 g/mol. The first-order valence-electron chi connectivity index (χ1n) is 13.4. The van der Waals surface area contributed by atoms with E-state index in [0.29, 0.717) is 11.0 Å². The van der Waals surface area contributed by atoms with Gasteiger partial charge in [0.15, 0.2) is 0 Å². The van der Waals surface area contributed by atoms with Crippen LogP contribution in [0.3, 0.4) is 0 Å². The molecule has 0 amide bonds. The molecule has 1 saturated carbocycles. The van der Waals surface area contributed by atoms with Crippen molar-refractivity contribution in [3.63, 3.8) is 0 Å². The normalized spacial score (nSPS) is 16.0. The fraction of sp³-hybridized carbons (Fsp3) is 0.455. The zero-order chi connectivity index (χ0) is 24.9. The van der Waals surface area contributed by atoms with Crippen molar-refractivity contribution in [2.24, 2.45) is 0 Å². The van der Waals surface area contributed by atoms with Crippen LogP contribution in [0.2, 0.25) is 0 Å². The number of aromatic hydroxyl groups is 1. The molecule has 2 heteroatoms. The van der Waals surface area contributed by atoms with E-state index >= 15 is 0 Å². The van der Waals surface area contributed by atoms with Gasteiger partial charge in [-0.25, -0.2) is 0 Å². The highest BCUT2D eigenvalue weighted by Crippen LogP contribution is 2.44. The van der Waals surface area contributed by atoms with Crippen LogP contribution in [0.25, 0.3) is 0 Å². The zero-order valence-electron chi connectivity index (χ0n) is 22.0. The summed E-state index contributed by atoms with van der Waals surface area (Å²) in [5, 5.41) is 12.4. The Bertz CT molecular complexity index is 1080. The van der Waals surface area contributed by atoms with Crippen molar-refractivity contribution in [1.29, 1.82) is 0 Å². The minimum Gasteiger partial charge on any atom is -0.507 e. The second-order valence-corrected chi connectivity index (χ2v) is 12.6. The van der Waals surface area contributed by atoms with Gasteiger partial charge in [0, 0.05) is 33.0 Å². The van der Waals surface area contributed by atoms with E-state index in [1.807, 2.05) is 0 Å². The van der Waals surface area contributed by atoms with Crippen molar-refractivity contribution in [1.82, 2.24) is 0 Å². The molecule has 1 N–H and O–H groups in total. The number of phenolic OH excluding ortho intramolecular Hbond substituents is 1. The van der Waals surface area contributed by atoms with E-state index in [1.165, 1.54) is 61.6 Å². The number of benzene rings is 3. The summed E-state index contributed by atoms with van der Waals surface area (Å²) in [5.41, 5.74) is 5.45. The molecule has 0 unspecified atom stereocenters. The van der Waals surface area contributed by atoms with Gasteiger partial charge in [0.2, 0.25) is 0 Å². The van der Waals surface area contributed by atoms with Crippen molar-refractivity contribution < 1.29 is 5.11 Å². The molecule has 1 fully saturated rings. The van der Waals surface area contributed by atoms with Crippen LogP contribution in [-0.2, 0) is 16.6 Å². The molecule has 1 aliphatic carbocycles. The highest BCUT2D eigenvalue weighted by molar-refractivity contribution is 7.99. The van der Waals surface area contributed by atoms with Crippen molar-refractivity contribution in [3.8, 4) is 5.75 Å². The van der Waals surface area contributed by atoms with Gasteiger partial charge in [-0.05, 0) is 29.5 Å². The Hall–Kier alpha value is -2.19. The molecule has 0 atom stereocenters. The van der Waals surface area contributed by atoms with Crippen molar-refractivity contribution in [2.75, 3.05) is 0 Å². The van der Waals surface area contributed by atoms with Crippen LogP contribution in [0.5, 0.6) is 5.75 Å². The highest BCUT2D eigenvalue weighted by Gasteiger charge is 2.32. The molecule has 0 aromatic heterocycles. The van der Waals surface area contributed by atoms with Crippen LogP contribution < -0.4 is 0 Å². The molecule has 0 aliphatic heterocycles. The van der Waals surface area contributed by atoms with Crippen LogP contribution in [0, 0.1) is 0 Å². The van der Waals surface area contributed by atoms with Gasteiger partial charge < -0.3 is 5.11 Å². The quantitative estimate of drug-likeness (QED) is 0.359. The van der Waals surface area contributed by atoms with Gasteiger partial charge in [0.1, 0.15) is 5.75 Å². The molecule has 0 bridgehead atoms. The lowest BCUT2D eigenvalue weighted by Crippen LogP contribution is -2.24. The lowest BCUT2D eigenvalue weighted by Gasteiger charge is -2.33. The first-order chi connectivity index (χ1) is 16.8. The van der Waals surface area contributed by atoms with Gasteiger partial charge in [-0.15, -0.1) is 0 Å². The minimum atomic E-state index is -0.298. The van der Waals surface area contributed by atoms with E-state index in [1.54, 1.807) is 0 Å². The Balaban J connectivity index is 1.74. The smallest absolute Gasteiger partial charge is 0.123 e. The van der Waals surface area contributed by atoms with E-state index in [4.69, 9.17) is 0 Å². The molecule has 3 aromatic carbocycles. The number of phenols is 1. The topological polar surface area (TPSA) is 20.2 Å². The molecule has 1 nitrogen and oxygen atoms in total. The number of thioether (sulfide) groups is 1. The average Bonchev–Trinajstić information content (AvgIpc) is 2.85. The van der Waals surface area contributed by atoms with Crippen molar-refractivity contribution in [3.05, 3.63) is 101 Å². The molecule has 1 aliphatic rings. The Morgan fingerprint density at radius 3 is 1.77 bits per heavy atom. The first kappa shape index (κ1) is 25.9. The molecule has 0 heterocycles. The predicted molar refractivity (Wildman–Crippen MR) is 153 cm³/mol. The van der Waals surface area contributed by atoms with Crippen LogP contribution >= 0.6 is 11.8 Å². The second kappa shape index (κ2) is 11.2. The summed E-state index contributed by atoms with van der Waals surface area (Å²) in [7, 11) is 0. The maximum Gasteiger partial charge on any atom is 0.123 e. The SMILES string of the molecule is CC(C)(c1ccccc1)c1cc(CSC2CCCCCCC2)c(O)c(C(C)(C)c2ccccc2)c1. The van der Waals surface area contributed by atoms with Crippen LogP contribution in [0.15, 0.2) is 72.8 Å². The number of hydrogen-bond acceptors (Lipinski definition) is 2. The number of rotatable bonds is 7. The van der Waals surface area contributed by atoms with Gasteiger partial charge in [0.25, 0.3) is 0 Å². The molecular formula is C33H42OS. The average molecular weight is 487 g/mol. The lowest BCUT2D eigenvalue weighted by molar-refractivity contribution is 0.447. The third-order valence-corrected chi connectivity index (χ3v) is 9.52. The van der Waals surface area contributed by atoms with Crippen LogP contribution in [0.4, 0.5) is 0 Å². The van der Waals surface area contributed by atoms with E-state index in [-0.39, 0.29) is 10.8 Å². The Morgan fingerprint density at radius 1 is 0.686 bits per heavy atom. The van der Waals surface area contributed by atoms with Crippen molar-refractivity contribution in [2.45, 2.75) is 94.5 Å². The summed E-state index contributed by atoms with van der Waals surface area (Å²) in [4.78, 5) is 0. The van der Waals surface area contributed by atoms with E-state index in [0.717, 1.165) is 16.9 Å². The van der Waals surface area contributed by atoms with E-state index < -0.39 is 0 Å². The lowest BCUT2D eigenvalue weighted by atomic mass is 9.72. The standard InChI is InChI=1S/C33H42OS/c1-32(2,26-16-10-8-11-17-26)28-22-25(24-35-29-20-14-6-5-7-15-21-29)31(34)30(23-28)33(3,4)27-18-12-9-13-19-27/h8-13,16-19,22-23,29,34H,5-7,14-15,20-21,24H2,1-4H3. The molecule has 186 valence electrons. The van der Waals surface area contributed by atoms with Gasteiger partial charge in [-0.2, -0.15) is 11.8 Å². The second-order valence-electron chi connectivity index (χ2n) is 11.3. The third-order valence-electron chi connectivity index (χ3n) is 8.10. The van der Waals surface area contributed by atoms with Gasteiger partial charge >= 0.3 is 0 Å². The zero-order valence-corrected chi connectivity index (χ0v) is 22.8. The van der Waals surface area contributed by atoms with Crippen molar-refractivity contribution >= 4 is 11.8 Å². The predicted octanol–water partition coefficient (Wildman–Crippen LogP) is 9.39. The number of hydrogen-bond donors (Lipinski definition) is 1. The fourth-order valence-electron chi connectivity index (χ4n) is 5.47. The largest absolute Gasteiger partial charge is 0.507 e. The minimum absolute atomic E-state index is 0.157. The monoisotopic (exact) mass is 486 g/mol. The van der Waals surface area contributed by atoms with E-state index in [9.17, 15) is 5.11 Å². The maximum absolute atomic E-state index is 11.7. The first-order valence-corrected chi connectivity index (χ1v) is 14.4. The summed E-state index contributed by atoms with van der Waals surface area (Å²) in [5.74, 6) is 1.34. The Morgan fingerprint density at radius 2 is 1.20 bits per heavy atom. The summed E-state index contributed by atoms with van der Waals surface area (Å²) < 4.78 is 0.